The maximum atomic E-state index is 12.7. The molecule has 1 fully saturated rings. The molecule has 19 heavy (non-hydrogen) atoms. The summed E-state index contributed by atoms with van der Waals surface area (Å²) in [7, 11) is 4.27. The lowest BCUT2D eigenvalue weighted by Crippen LogP contribution is -2.64. The number of esters is 1. The third-order valence-electron chi connectivity index (χ3n) is 4.64. The van der Waals surface area contributed by atoms with Crippen LogP contribution >= 0.6 is 0 Å². The van der Waals surface area contributed by atoms with Crippen molar-refractivity contribution in [1.82, 2.24) is 0 Å². The molecule has 0 aromatic rings. The predicted octanol–water partition coefficient (Wildman–Crippen LogP) is 1.32. The second-order valence-electron chi connectivity index (χ2n) is 5.49. The van der Waals surface area contributed by atoms with Crippen molar-refractivity contribution < 1.29 is 23.8 Å². The van der Waals surface area contributed by atoms with Gasteiger partial charge in [0.05, 0.1) is 18.4 Å². The number of fused-ring (bicyclic) bond motifs is 2. The van der Waals surface area contributed by atoms with E-state index in [1.807, 2.05) is 13.0 Å². The molecule has 3 rings (SSSR count). The van der Waals surface area contributed by atoms with Gasteiger partial charge < -0.3 is 14.2 Å². The van der Waals surface area contributed by atoms with Crippen molar-refractivity contribution in [1.29, 1.82) is 0 Å². The number of carbonyl (C=O) groups is 2. The maximum absolute atomic E-state index is 12.7. The average Bonchev–Trinajstić information content (AvgIpc) is 2.41. The van der Waals surface area contributed by atoms with Crippen molar-refractivity contribution in [2.24, 2.45) is 17.3 Å². The topological polar surface area (TPSA) is 61.8 Å². The molecule has 2 bridgehead atoms. The van der Waals surface area contributed by atoms with Crippen LogP contribution in [0.4, 0.5) is 0 Å². The largest absolute Gasteiger partial charge is 0.469 e. The summed E-state index contributed by atoms with van der Waals surface area (Å²) in [5.74, 6) is -2.65. The zero-order valence-electron chi connectivity index (χ0n) is 12.0. The van der Waals surface area contributed by atoms with Crippen LogP contribution in [0.2, 0.25) is 0 Å². The minimum absolute atomic E-state index is 0.202. The normalized spacial score (nSPS) is 36.1. The molecule has 0 aromatic heterocycles. The highest BCUT2D eigenvalue weighted by Gasteiger charge is 2.65. The molecule has 0 radical (unpaired) electrons. The third-order valence-corrected chi connectivity index (χ3v) is 4.64. The molecular formula is C14H20O5. The van der Waals surface area contributed by atoms with Crippen molar-refractivity contribution >= 4 is 11.8 Å². The lowest BCUT2D eigenvalue weighted by Gasteiger charge is -2.53. The first-order valence-electron chi connectivity index (χ1n) is 6.28. The molecule has 0 N–H and O–H groups in total. The van der Waals surface area contributed by atoms with E-state index in [1.54, 1.807) is 6.92 Å². The van der Waals surface area contributed by atoms with Crippen molar-refractivity contribution in [3.63, 3.8) is 0 Å². The molecule has 0 unspecified atom stereocenters. The van der Waals surface area contributed by atoms with Crippen molar-refractivity contribution in [2.75, 3.05) is 21.3 Å². The van der Waals surface area contributed by atoms with E-state index in [9.17, 15) is 9.59 Å². The number of rotatable bonds is 3. The smallest absolute Gasteiger partial charge is 0.312 e. The summed E-state index contributed by atoms with van der Waals surface area (Å²) in [6, 6.07) is 0. The highest BCUT2D eigenvalue weighted by atomic mass is 16.7. The van der Waals surface area contributed by atoms with Gasteiger partial charge >= 0.3 is 5.97 Å². The molecule has 0 amide bonds. The zero-order chi connectivity index (χ0) is 14.4. The molecule has 5 nitrogen and oxygen atoms in total. The molecular weight excluding hydrogens is 248 g/mol. The third kappa shape index (κ3) is 1.61. The summed E-state index contributed by atoms with van der Waals surface area (Å²) in [6.45, 7) is 3.71. The summed E-state index contributed by atoms with van der Waals surface area (Å²) in [5, 5.41) is 0. The Hall–Kier alpha value is -1.20. The number of hydrogen-bond donors (Lipinski definition) is 0. The van der Waals surface area contributed by atoms with Crippen LogP contribution in [0, 0.1) is 17.3 Å². The van der Waals surface area contributed by atoms with Crippen LogP contribution in [0.1, 0.15) is 20.3 Å². The Labute approximate surface area is 112 Å². The molecule has 0 heterocycles. The van der Waals surface area contributed by atoms with Gasteiger partial charge in [0.25, 0.3) is 0 Å². The number of allylic oxidation sites excluding steroid dienone is 1. The first-order valence-corrected chi connectivity index (χ1v) is 6.28. The highest BCUT2D eigenvalue weighted by molar-refractivity contribution is 5.98. The fourth-order valence-electron chi connectivity index (χ4n) is 3.48. The van der Waals surface area contributed by atoms with Crippen LogP contribution < -0.4 is 0 Å². The summed E-state index contributed by atoms with van der Waals surface area (Å²) in [6.07, 6.45) is 2.34. The van der Waals surface area contributed by atoms with Crippen LogP contribution in [0.3, 0.4) is 0 Å². The van der Waals surface area contributed by atoms with Gasteiger partial charge in [0.15, 0.2) is 0 Å². The van der Waals surface area contributed by atoms with Crippen LogP contribution in [-0.4, -0.2) is 38.9 Å². The summed E-state index contributed by atoms with van der Waals surface area (Å²) in [4.78, 5) is 24.7. The number of carbonyl (C=O) groups excluding carboxylic acids is 2. The first-order chi connectivity index (χ1) is 8.87. The van der Waals surface area contributed by atoms with E-state index in [4.69, 9.17) is 14.2 Å². The number of methoxy groups -OCH3 is 3. The van der Waals surface area contributed by atoms with E-state index >= 15 is 0 Å². The molecule has 0 saturated heterocycles. The Morgan fingerprint density at radius 1 is 1.32 bits per heavy atom. The van der Waals surface area contributed by atoms with Gasteiger partial charge in [-0.05, 0) is 20.3 Å². The minimum atomic E-state index is -1.27. The van der Waals surface area contributed by atoms with Gasteiger partial charge in [0.1, 0.15) is 0 Å². The van der Waals surface area contributed by atoms with Gasteiger partial charge in [-0.2, -0.15) is 0 Å². The fourth-order valence-corrected chi connectivity index (χ4v) is 3.48. The molecule has 106 valence electrons. The van der Waals surface area contributed by atoms with E-state index in [0.29, 0.717) is 6.42 Å². The van der Waals surface area contributed by atoms with Crippen LogP contribution in [-0.2, 0) is 23.8 Å². The van der Waals surface area contributed by atoms with Crippen LogP contribution in [0.5, 0.6) is 0 Å². The molecule has 3 aliphatic carbocycles. The Bertz CT molecular complexity index is 449. The van der Waals surface area contributed by atoms with Gasteiger partial charge in [-0.15, -0.1) is 0 Å². The van der Waals surface area contributed by atoms with Crippen molar-refractivity contribution in [3.8, 4) is 0 Å². The minimum Gasteiger partial charge on any atom is -0.469 e. The van der Waals surface area contributed by atoms with Gasteiger partial charge in [-0.3, -0.25) is 9.59 Å². The maximum Gasteiger partial charge on any atom is 0.312 e. The van der Waals surface area contributed by atoms with Crippen LogP contribution in [0.15, 0.2) is 11.6 Å². The number of ketones is 1. The van der Waals surface area contributed by atoms with E-state index in [2.05, 4.69) is 0 Å². The molecule has 0 aromatic carbocycles. The summed E-state index contributed by atoms with van der Waals surface area (Å²) < 4.78 is 15.6. The summed E-state index contributed by atoms with van der Waals surface area (Å²) >= 11 is 0. The monoisotopic (exact) mass is 268 g/mol. The van der Waals surface area contributed by atoms with Gasteiger partial charge in [0.2, 0.25) is 11.6 Å². The predicted molar refractivity (Wildman–Crippen MR) is 67.2 cm³/mol. The average molecular weight is 268 g/mol. The van der Waals surface area contributed by atoms with E-state index in [1.165, 1.54) is 21.3 Å². The van der Waals surface area contributed by atoms with Gasteiger partial charge in [-0.1, -0.05) is 11.6 Å². The fraction of sp³-hybridized carbons (Fsp3) is 0.714. The summed E-state index contributed by atoms with van der Waals surface area (Å²) in [5.41, 5.74) is 0.186. The molecule has 3 atom stereocenters. The van der Waals surface area contributed by atoms with Crippen molar-refractivity contribution in [3.05, 3.63) is 11.6 Å². The van der Waals surface area contributed by atoms with E-state index in [-0.39, 0.29) is 17.7 Å². The standard InChI is InChI=1S/C14H20O5/c1-8-6-9-11(15)14(18-4,19-5)10(8)7-13(9,2)12(16)17-3/h6,9-10H,7H2,1-5H3/t9-,10+,13+/m1/s1. The van der Waals surface area contributed by atoms with Gasteiger partial charge in [0, 0.05) is 20.1 Å². The Kier molecular flexibility index (Phi) is 3.31. The molecule has 1 saturated carbocycles. The van der Waals surface area contributed by atoms with Crippen LogP contribution in [0.25, 0.3) is 0 Å². The number of ether oxygens (including phenoxy) is 3. The quantitative estimate of drug-likeness (QED) is 0.439. The second kappa shape index (κ2) is 4.42. The Balaban J connectivity index is 2.53. The molecule has 3 aliphatic rings. The van der Waals surface area contributed by atoms with E-state index in [0.717, 1.165) is 5.57 Å². The first kappa shape index (κ1) is 14.2. The van der Waals surface area contributed by atoms with E-state index < -0.39 is 17.1 Å². The lowest BCUT2D eigenvalue weighted by atomic mass is 9.55. The second-order valence-corrected chi connectivity index (χ2v) is 5.49. The SMILES string of the molecule is COC(=O)[C@@]1(C)C[C@H]2C(C)=C[C@@H]1C(=O)C2(OC)OC. The van der Waals surface area contributed by atoms with Gasteiger partial charge in [-0.25, -0.2) is 0 Å². The Morgan fingerprint density at radius 2 is 1.89 bits per heavy atom. The number of Topliss-reactive ketones (excluding diaryl/α,β-unsaturated/α-hetero) is 1. The highest BCUT2D eigenvalue weighted by Crippen LogP contribution is 2.55. The molecule has 0 spiro atoms. The zero-order valence-corrected chi connectivity index (χ0v) is 12.0. The molecule has 5 heteroatoms. The van der Waals surface area contributed by atoms with Crippen molar-refractivity contribution in [2.45, 2.75) is 26.1 Å². The number of hydrogen-bond acceptors (Lipinski definition) is 5. The lowest BCUT2D eigenvalue weighted by molar-refractivity contribution is -0.248. The molecule has 0 aliphatic heterocycles. The Morgan fingerprint density at radius 3 is 2.37 bits per heavy atom.